The van der Waals surface area contributed by atoms with Crippen LogP contribution in [0.3, 0.4) is 0 Å². The Morgan fingerprint density at radius 1 is 1.28 bits per heavy atom. The molecule has 0 spiro atoms. The fourth-order valence-electron chi connectivity index (χ4n) is 2.45. The van der Waals surface area contributed by atoms with Crippen LogP contribution >= 0.6 is 0 Å². The molecule has 1 N–H and O–H groups in total. The van der Waals surface area contributed by atoms with Gasteiger partial charge in [0, 0.05) is 12.5 Å². The highest BCUT2D eigenvalue weighted by atomic mass is 16.5. The number of benzene rings is 1. The molecular weight excluding hydrogens is 226 g/mol. The topological polar surface area (TPSA) is 51.0 Å². The van der Waals surface area contributed by atoms with Gasteiger partial charge in [0.15, 0.2) is 5.82 Å². The van der Waals surface area contributed by atoms with Gasteiger partial charge in [-0.3, -0.25) is 0 Å². The van der Waals surface area contributed by atoms with E-state index in [1.807, 2.05) is 0 Å². The summed E-state index contributed by atoms with van der Waals surface area (Å²) in [6.07, 6.45) is 3.08. The third kappa shape index (κ3) is 2.10. The highest BCUT2D eigenvalue weighted by molar-refractivity contribution is 5.35. The summed E-state index contributed by atoms with van der Waals surface area (Å²) in [6.45, 7) is 2.98. The van der Waals surface area contributed by atoms with Gasteiger partial charge in [0.05, 0.1) is 0 Å². The molecule has 0 bridgehead atoms. The van der Waals surface area contributed by atoms with Gasteiger partial charge in [-0.2, -0.15) is 4.98 Å². The molecule has 0 aliphatic heterocycles. The lowest BCUT2D eigenvalue weighted by atomic mass is 10.1. The average molecular weight is 243 g/mol. The van der Waals surface area contributed by atoms with E-state index in [1.54, 1.807) is 0 Å². The van der Waals surface area contributed by atoms with Crippen molar-refractivity contribution in [3.8, 4) is 0 Å². The second-order valence-electron chi connectivity index (χ2n) is 4.76. The number of nitrogens with one attached hydrogen (secondary N) is 1. The Morgan fingerprint density at radius 3 is 2.67 bits per heavy atom. The highest BCUT2D eigenvalue weighted by Crippen LogP contribution is 2.32. The molecule has 3 rings (SSSR count). The Bertz CT molecular complexity index is 510. The molecule has 0 atom stereocenters. The fraction of sp³-hybridized carbons (Fsp3) is 0.429. The van der Waals surface area contributed by atoms with Crippen LogP contribution in [0.2, 0.25) is 0 Å². The summed E-state index contributed by atoms with van der Waals surface area (Å²) >= 11 is 0. The molecule has 94 valence electrons. The summed E-state index contributed by atoms with van der Waals surface area (Å²) < 4.78 is 5.21. The molecule has 0 radical (unpaired) electrons. The Balaban J connectivity index is 1.72. The quantitative estimate of drug-likeness (QED) is 0.897. The van der Waals surface area contributed by atoms with Crippen molar-refractivity contribution in [3.63, 3.8) is 0 Å². The molecule has 1 aromatic heterocycles. The first kappa shape index (κ1) is 11.3. The molecule has 2 aromatic rings. The Hall–Kier alpha value is -1.84. The summed E-state index contributed by atoms with van der Waals surface area (Å²) in [4.78, 5) is 4.42. The van der Waals surface area contributed by atoms with Crippen molar-refractivity contribution >= 4 is 6.01 Å². The monoisotopic (exact) mass is 243 g/mol. The first-order valence-electron chi connectivity index (χ1n) is 6.51. The third-order valence-corrected chi connectivity index (χ3v) is 3.38. The van der Waals surface area contributed by atoms with E-state index < -0.39 is 0 Å². The van der Waals surface area contributed by atoms with Crippen molar-refractivity contribution in [3.05, 3.63) is 41.2 Å². The molecule has 18 heavy (non-hydrogen) atoms. The zero-order valence-electron chi connectivity index (χ0n) is 10.5. The van der Waals surface area contributed by atoms with Gasteiger partial charge in [-0.25, -0.2) is 0 Å². The molecule has 1 aliphatic rings. The van der Waals surface area contributed by atoms with E-state index in [1.165, 1.54) is 11.1 Å². The second kappa shape index (κ2) is 4.80. The lowest BCUT2D eigenvalue weighted by Gasteiger charge is -2.00. The van der Waals surface area contributed by atoms with Gasteiger partial charge in [-0.05, 0) is 30.4 Å². The zero-order valence-corrected chi connectivity index (χ0v) is 10.5. The maximum atomic E-state index is 5.21. The van der Waals surface area contributed by atoms with E-state index in [0.717, 1.165) is 31.6 Å². The van der Waals surface area contributed by atoms with Crippen LogP contribution in [0.25, 0.3) is 0 Å². The van der Waals surface area contributed by atoms with Gasteiger partial charge in [-0.1, -0.05) is 36.3 Å². The minimum atomic E-state index is 0.364. The smallest absolute Gasteiger partial charge is 0.321 e. The number of anilines is 1. The number of rotatable bonds is 4. The van der Waals surface area contributed by atoms with E-state index >= 15 is 0 Å². The predicted molar refractivity (Wildman–Crippen MR) is 69.7 cm³/mol. The summed E-state index contributed by atoms with van der Waals surface area (Å²) in [7, 11) is 0. The van der Waals surface area contributed by atoms with Crippen molar-refractivity contribution in [2.45, 2.75) is 32.1 Å². The molecule has 0 fully saturated rings. The summed E-state index contributed by atoms with van der Waals surface area (Å²) in [6, 6.07) is 9.09. The van der Waals surface area contributed by atoms with E-state index in [0.29, 0.717) is 11.9 Å². The molecule has 0 saturated heterocycles. The first-order chi connectivity index (χ1) is 8.86. The summed E-state index contributed by atoms with van der Waals surface area (Å²) in [5.74, 6) is 1.19. The van der Waals surface area contributed by atoms with Crippen molar-refractivity contribution in [1.82, 2.24) is 10.1 Å². The Morgan fingerprint density at radius 2 is 2.00 bits per heavy atom. The maximum absolute atomic E-state index is 5.21. The van der Waals surface area contributed by atoms with Crippen LogP contribution in [0.15, 0.2) is 28.8 Å². The van der Waals surface area contributed by atoms with E-state index in [4.69, 9.17) is 4.52 Å². The molecule has 1 aliphatic carbocycles. The number of hydrogen-bond acceptors (Lipinski definition) is 4. The average Bonchev–Trinajstić information content (AvgIpc) is 3.02. The lowest BCUT2D eigenvalue weighted by molar-refractivity contribution is 0.416. The molecular formula is C14H17N3O. The highest BCUT2D eigenvalue weighted by Gasteiger charge is 2.26. The van der Waals surface area contributed by atoms with Crippen LogP contribution in [0.4, 0.5) is 6.01 Å². The largest absolute Gasteiger partial charge is 0.338 e. The fourth-order valence-corrected chi connectivity index (χ4v) is 2.45. The maximum Gasteiger partial charge on any atom is 0.321 e. The van der Waals surface area contributed by atoms with Crippen molar-refractivity contribution in [1.29, 1.82) is 0 Å². The van der Waals surface area contributed by atoms with Crippen LogP contribution in [0.5, 0.6) is 0 Å². The van der Waals surface area contributed by atoms with E-state index in [-0.39, 0.29) is 0 Å². The van der Waals surface area contributed by atoms with Crippen LogP contribution < -0.4 is 5.32 Å². The second-order valence-corrected chi connectivity index (χ2v) is 4.76. The minimum Gasteiger partial charge on any atom is -0.338 e. The molecule has 1 aromatic carbocycles. The molecule has 4 heteroatoms. The number of aromatic nitrogens is 2. The van der Waals surface area contributed by atoms with Crippen molar-refractivity contribution < 1.29 is 4.52 Å². The zero-order chi connectivity index (χ0) is 12.4. The lowest BCUT2D eigenvalue weighted by Crippen LogP contribution is -2.02. The standard InChI is InChI=1S/C14H17N3O/c1-2-7-15-14-16-13(17-18-14)12-8-10-5-3-4-6-11(10)9-12/h3-6,12H,2,7-9H2,1H3,(H,15,16,17). The Kier molecular flexibility index (Phi) is 3.00. The predicted octanol–water partition coefficient (Wildman–Crippen LogP) is 2.77. The summed E-state index contributed by atoms with van der Waals surface area (Å²) in [5.41, 5.74) is 2.82. The Labute approximate surface area is 106 Å². The van der Waals surface area contributed by atoms with Gasteiger partial charge in [0.2, 0.25) is 0 Å². The third-order valence-electron chi connectivity index (χ3n) is 3.38. The summed E-state index contributed by atoms with van der Waals surface area (Å²) in [5, 5.41) is 7.20. The molecule has 0 saturated carbocycles. The van der Waals surface area contributed by atoms with Crippen LogP contribution in [-0.4, -0.2) is 16.7 Å². The minimum absolute atomic E-state index is 0.364. The number of nitrogens with zero attached hydrogens (tertiary/aromatic N) is 2. The van der Waals surface area contributed by atoms with Gasteiger partial charge in [0.1, 0.15) is 0 Å². The van der Waals surface area contributed by atoms with Crippen LogP contribution in [0.1, 0.15) is 36.2 Å². The normalized spacial score (nSPS) is 14.7. The van der Waals surface area contributed by atoms with Gasteiger partial charge in [0.25, 0.3) is 0 Å². The number of hydrogen-bond donors (Lipinski definition) is 1. The molecule has 4 nitrogen and oxygen atoms in total. The molecule has 0 amide bonds. The van der Waals surface area contributed by atoms with Gasteiger partial charge < -0.3 is 9.84 Å². The van der Waals surface area contributed by atoms with E-state index in [9.17, 15) is 0 Å². The van der Waals surface area contributed by atoms with Crippen LogP contribution in [0, 0.1) is 0 Å². The van der Waals surface area contributed by atoms with Crippen LogP contribution in [-0.2, 0) is 12.8 Å². The first-order valence-corrected chi connectivity index (χ1v) is 6.51. The van der Waals surface area contributed by atoms with Gasteiger partial charge in [-0.15, -0.1) is 0 Å². The molecule has 0 unspecified atom stereocenters. The van der Waals surface area contributed by atoms with Crippen molar-refractivity contribution in [2.75, 3.05) is 11.9 Å². The van der Waals surface area contributed by atoms with E-state index in [2.05, 4.69) is 46.6 Å². The van der Waals surface area contributed by atoms with Gasteiger partial charge >= 0.3 is 6.01 Å². The molecule has 1 heterocycles. The van der Waals surface area contributed by atoms with Crippen molar-refractivity contribution in [2.24, 2.45) is 0 Å². The number of fused-ring (bicyclic) bond motifs is 1. The SMILES string of the molecule is CCCNc1nc(C2Cc3ccccc3C2)no1.